The molecule has 2 aromatic heterocycles. The summed E-state index contributed by atoms with van der Waals surface area (Å²) in [5, 5.41) is 18.0. The van der Waals surface area contributed by atoms with E-state index in [9.17, 15) is 14.0 Å². The number of rotatable bonds is 4. The van der Waals surface area contributed by atoms with E-state index in [4.69, 9.17) is 5.11 Å². The first kappa shape index (κ1) is 15.3. The van der Waals surface area contributed by atoms with Gasteiger partial charge in [-0.15, -0.1) is 0 Å². The second kappa shape index (κ2) is 5.69. The highest BCUT2D eigenvalue weighted by molar-refractivity contribution is 5.78. The van der Waals surface area contributed by atoms with Crippen molar-refractivity contribution in [2.45, 2.75) is 18.9 Å². The van der Waals surface area contributed by atoms with Crippen molar-refractivity contribution in [1.82, 2.24) is 25.1 Å². The third-order valence-corrected chi connectivity index (χ3v) is 4.24. The number of fused-ring (bicyclic) bond motifs is 1. The Morgan fingerprint density at radius 1 is 1.40 bits per heavy atom. The van der Waals surface area contributed by atoms with Gasteiger partial charge in [0.1, 0.15) is 17.0 Å². The van der Waals surface area contributed by atoms with Crippen LogP contribution in [0.4, 0.5) is 9.18 Å². The first-order valence-corrected chi connectivity index (χ1v) is 7.77. The maximum Gasteiger partial charge on any atom is 0.405 e. The average molecular weight is 343 g/mol. The fourth-order valence-corrected chi connectivity index (χ4v) is 2.97. The number of nitrogens with one attached hydrogen (secondary N) is 2. The Kier molecular flexibility index (Phi) is 3.48. The summed E-state index contributed by atoms with van der Waals surface area (Å²) in [6.07, 6.45) is 1.96. The van der Waals surface area contributed by atoms with E-state index in [1.165, 1.54) is 29.0 Å². The fourth-order valence-electron chi connectivity index (χ4n) is 2.97. The molecule has 1 unspecified atom stereocenters. The molecule has 0 saturated heterocycles. The number of aromatic nitrogens is 4. The molecule has 9 heteroatoms. The molecule has 128 valence electrons. The van der Waals surface area contributed by atoms with Crippen LogP contribution in [0.1, 0.15) is 24.7 Å². The van der Waals surface area contributed by atoms with Crippen molar-refractivity contribution < 1.29 is 14.3 Å². The second-order valence-electron chi connectivity index (χ2n) is 5.94. The lowest BCUT2D eigenvalue weighted by molar-refractivity contribution is 0.187. The van der Waals surface area contributed by atoms with Crippen molar-refractivity contribution in [3.05, 3.63) is 52.5 Å². The van der Waals surface area contributed by atoms with Gasteiger partial charge < -0.3 is 10.4 Å². The van der Waals surface area contributed by atoms with Crippen molar-refractivity contribution >= 4 is 17.0 Å². The summed E-state index contributed by atoms with van der Waals surface area (Å²) in [5.41, 5.74) is -0.437. The van der Waals surface area contributed by atoms with Crippen molar-refractivity contribution in [2.75, 3.05) is 0 Å². The molecule has 1 atom stereocenters. The van der Waals surface area contributed by atoms with Gasteiger partial charge in [0.25, 0.3) is 5.56 Å². The number of halogens is 1. The lowest BCUT2D eigenvalue weighted by Crippen LogP contribution is -2.35. The Morgan fingerprint density at radius 3 is 2.84 bits per heavy atom. The van der Waals surface area contributed by atoms with Crippen LogP contribution in [0.15, 0.2) is 35.3 Å². The Balaban J connectivity index is 2.03. The molecule has 3 aromatic rings. The van der Waals surface area contributed by atoms with Crippen LogP contribution in [0, 0.1) is 11.7 Å². The standard InChI is InChI=1S/C16H14FN5O3/c17-9-2-1-3-10-12(9)15(23)22(11-6-7-18-21-11)14(19-10)13(8-4-5-8)20-16(24)25/h1-3,6-8,13,20H,4-5H2,(H,18,21)(H,24,25). The number of benzene rings is 1. The van der Waals surface area contributed by atoms with Gasteiger partial charge in [0.05, 0.1) is 11.6 Å². The molecule has 8 nitrogen and oxygen atoms in total. The van der Waals surface area contributed by atoms with E-state index in [0.29, 0.717) is 0 Å². The number of hydrogen-bond acceptors (Lipinski definition) is 4. The molecule has 25 heavy (non-hydrogen) atoms. The van der Waals surface area contributed by atoms with Gasteiger partial charge in [0.15, 0.2) is 5.82 Å². The molecular formula is C16H14FN5O3. The van der Waals surface area contributed by atoms with Crippen LogP contribution < -0.4 is 10.9 Å². The number of hydrogen-bond donors (Lipinski definition) is 3. The van der Waals surface area contributed by atoms with E-state index < -0.39 is 23.5 Å². The Bertz CT molecular complexity index is 1010. The maximum absolute atomic E-state index is 14.2. The van der Waals surface area contributed by atoms with Crippen LogP contribution >= 0.6 is 0 Å². The Hall–Kier alpha value is -3.23. The van der Waals surface area contributed by atoms with Crippen LogP contribution in [0.3, 0.4) is 0 Å². The van der Waals surface area contributed by atoms with Gasteiger partial charge >= 0.3 is 6.09 Å². The maximum atomic E-state index is 14.2. The molecular weight excluding hydrogens is 329 g/mol. The molecule has 1 aromatic carbocycles. The fraction of sp³-hybridized carbons (Fsp3) is 0.250. The zero-order valence-corrected chi connectivity index (χ0v) is 12.9. The van der Waals surface area contributed by atoms with E-state index in [2.05, 4.69) is 20.5 Å². The average Bonchev–Trinajstić information content (AvgIpc) is 3.27. The van der Waals surface area contributed by atoms with Gasteiger partial charge in [0, 0.05) is 12.3 Å². The Morgan fingerprint density at radius 2 is 2.20 bits per heavy atom. The zero-order chi connectivity index (χ0) is 17.6. The summed E-state index contributed by atoms with van der Waals surface area (Å²) in [5.74, 6) is -0.199. The van der Waals surface area contributed by atoms with E-state index in [0.717, 1.165) is 12.8 Å². The lowest BCUT2D eigenvalue weighted by atomic mass is 10.1. The summed E-state index contributed by atoms with van der Waals surface area (Å²) in [7, 11) is 0. The molecule has 0 aliphatic heterocycles. The number of carbonyl (C=O) groups is 1. The molecule has 0 spiro atoms. The SMILES string of the molecule is O=C(O)NC(c1nc2cccc(F)c2c(=O)n1-c1cc[nH]n1)C1CC1. The molecule has 1 aliphatic carbocycles. The smallest absolute Gasteiger partial charge is 0.405 e. The predicted molar refractivity (Wildman–Crippen MR) is 86.1 cm³/mol. The summed E-state index contributed by atoms with van der Waals surface area (Å²) in [6, 6.07) is 5.05. The molecule has 2 heterocycles. The molecule has 1 aliphatic rings. The highest BCUT2D eigenvalue weighted by Crippen LogP contribution is 2.40. The minimum absolute atomic E-state index is 0.0409. The molecule has 4 rings (SSSR count). The topological polar surface area (TPSA) is 113 Å². The van der Waals surface area contributed by atoms with Crippen molar-refractivity contribution in [1.29, 1.82) is 0 Å². The van der Waals surface area contributed by atoms with Gasteiger partial charge in [0.2, 0.25) is 0 Å². The van der Waals surface area contributed by atoms with Crippen molar-refractivity contribution in [3.63, 3.8) is 0 Å². The van der Waals surface area contributed by atoms with E-state index >= 15 is 0 Å². The number of amides is 1. The largest absolute Gasteiger partial charge is 0.465 e. The molecule has 1 fully saturated rings. The minimum Gasteiger partial charge on any atom is -0.465 e. The summed E-state index contributed by atoms with van der Waals surface area (Å²) >= 11 is 0. The molecule has 1 amide bonds. The number of H-pyrrole nitrogens is 1. The first-order valence-electron chi connectivity index (χ1n) is 7.77. The number of nitrogens with zero attached hydrogens (tertiary/aromatic N) is 3. The molecule has 0 radical (unpaired) electrons. The number of aromatic amines is 1. The molecule has 3 N–H and O–H groups in total. The minimum atomic E-state index is -1.21. The third-order valence-electron chi connectivity index (χ3n) is 4.24. The van der Waals surface area contributed by atoms with Gasteiger partial charge in [-0.2, -0.15) is 5.10 Å². The van der Waals surface area contributed by atoms with Crippen LogP contribution in [0.2, 0.25) is 0 Å². The molecule has 0 bridgehead atoms. The van der Waals surface area contributed by atoms with Crippen molar-refractivity contribution in [2.24, 2.45) is 5.92 Å². The van der Waals surface area contributed by atoms with Gasteiger partial charge in [-0.1, -0.05) is 6.07 Å². The highest BCUT2D eigenvalue weighted by atomic mass is 19.1. The quantitative estimate of drug-likeness (QED) is 0.670. The van der Waals surface area contributed by atoms with Crippen LogP contribution in [-0.4, -0.2) is 30.9 Å². The first-order chi connectivity index (χ1) is 12.1. The summed E-state index contributed by atoms with van der Waals surface area (Å²) in [4.78, 5) is 28.6. The summed E-state index contributed by atoms with van der Waals surface area (Å²) in [6.45, 7) is 0. The van der Waals surface area contributed by atoms with Crippen LogP contribution in [-0.2, 0) is 0 Å². The number of carboxylic acid groups (broad SMARTS) is 1. The normalized spacial score (nSPS) is 15.2. The predicted octanol–water partition coefficient (Wildman–Crippen LogP) is 1.97. The Labute approximate surface area is 140 Å². The van der Waals surface area contributed by atoms with Crippen molar-refractivity contribution in [3.8, 4) is 5.82 Å². The van der Waals surface area contributed by atoms with Gasteiger partial charge in [-0.25, -0.2) is 18.7 Å². The highest BCUT2D eigenvalue weighted by Gasteiger charge is 2.37. The second-order valence-corrected chi connectivity index (χ2v) is 5.94. The van der Waals surface area contributed by atoms with Gasteiger partial charge in [-0.05, 0) is 30.9 Å². The van der Waals surface area contributed by atoms with E-state index in [-0.39, 0.29) is 28.5 Å². The van der Waals surface area contributed by atoms with E-state index in [1.807, 2.05) is 0 Å². The molecule has 1 saturated carbocycles. The van der Waals surface area contributed by atoms with E-state index in [1.54, 1.807) is 6.07 Å². The zero-order valence-electron chi connectivity index (χ0n) is 12.9. The van der Waals surface area contributed by atoms with Crippen LogP contribution in [0.25, 0.3) is 16.7 Å². The monoisotopic (exact) mass is 343 g/mol. The van der Waals surface area contributed by atoms with Gasteiger partial charge in [-0.3, -0.25) is 9.89 Å². The lowest BCUT2D eigenvalue weighted by Gasteiger charge is -2.20. The van der Waals surface area contributed by atoms with Crippen LogP contribution in [0.5, 0.6) is 0 Å². The summed E-state index contributed by atoms with van der Waals surface area (Å²) < 4.78 is 15.4. The third kappa shape index (κ3) is 2.63.